The minimum atomic E-state index is -3.43. The summed E-state index contributed by atoms with van der Waals surface area (Å²) in [5.41, 5.74) is 0.425. The van der Waals surface area contributed by atoms with E-state index in [2.05, 4.69) is 10.6 Å². The van der Waals surface area contributed by atoms with Crippen molar-refractivity contribution in [3.8, 4) is 0 Å². The van der Waals surface area contributed by atoms with E-state index in [1.807, 2.05) is 0 Å². The third kappa shape index (κ3) is 6.32. The van der Waals surface area contributed by atoms with E-state index in [1.54, 1.807) is 49.3 Å². The molecular weight excluding hydrogens is 366 g/mol. The Morgan fingerprint density at radius 1 is 1.00 bits per heavy atom. The van der Waals surface area contributed by atoms with Crippen LogP contribution in [0.1, 0.15) is 45.6 Å². The second kappa shape index (κ2) is 8.84. The van der Waals surface area contributed by atoms with Crippen molar-refractivity contribution in [3.05, 3.63) is 29.8 Å². The van der Waals surface area contributed by atoms with Gasteiger partial charge in [0, 0.05) is 25.2 Å². The molecule has 1 fully saturated rings. The normalized spacial score (nSPS) is 16.0. The maximum absolute atomic E-state index is 12.6. The number of nitrogens with one attached hydrogen (secondary N) is 2. The number of carbonyl (C=O) groups is 2. The van der Waals surface area contributed by atoms with Gasteiger partial charge in [-0.3, -0.25) is 9.59 Å². The lowest BCUT2D eigenvalue weighted by atomic mass is 10.1. The summed E-state index contributed by atoms with van der Waals surface area (Å²) in [5, 5.41) is 5.17. The van der Waals surface area contributed by atoms with E-state index in [0.717, 1.165) is 24.8 Å². The van der Waals surface area contributed by atoms with Crippen molar-refractivity contribution in [3.63, 3.8) is 0 Å². The molecule has 1 aliphatic heterocycles. The molecule has 1 aromatic carbocycles. The number of carbonyl (C=O) groups excluding carboxylic acids is 2. The quantitative estimate of drug-likeness (QED) is 0.738. The zero-order valence-corrected chi connectivity index (χ0v) is 17.1. The van der Waals surface area contributed by atoms with Gasteiger partial charge in [-0.2, -0.15) is 4.31 Å². The molecule has 2 N–H and O–H groups in total. The van der Waals surface area contributed by atoms with E-state index in [-0.39, 0.29) is 0 Å². The minimum Gasteiger partial charge on any atom is -0.348 e. The molecule has 0 spiro atoms. The van der Waals surface area contributed by atoms with Crippen molar-refractivity contribution in [2.45, 2.75) is 56.9 Å². The first-order valence-corrected chi connectivity index (χ1v) is 10.7. The number of sulfonamides is 1. The third-order valence-electron chi connectivity index (χ3n) is 4.27. The number of rotatable bonds is 5. The number of amides is 2. The number of piperidine rings is 1. The molecule has 0 bridgehead atoms. The lowest BCUT2D eigenvalue weighted by Gasteiger charge is -2.25. The molecule has 1 saturated heterocycles. The lowest BCUT2D eigenvalue weighted by molar-refractivity contribution is -0.140. The highest BCUT2D eigenvalue weighted by Crippen LogP contribution is 2.20. The Bertz CT molecular complexity index is 761. The van der Waals surface area contributed by atoms with Crippen LogP contribution < -0.4 is 10.6 Å². The van der Waals surface area contributed by atoms with E-state index in [9.17, 15) is 18.0 Å². The molecule has 1 heterocycles. The number of hydrogen-bond acceptors (Lipinski definition) is 4. The van der Waals surface area contributed by atoms with Gasteiger partial charge in [0.15, 0.2) is 0 Å². The summed E-state index contributed by atoms with van der Waals surface area (Å²) in [4.78, 5) is 23.8. The van der Waals surface area contributed by atoms with Gasteiger partial charge in [0.1, 0.15) is 0 Å². The molecule has 1 aliphatic rings. The fourth-order valence-electron chi connectivity index (χ4n) is 2.88. The van der Waals surface area contributed by atoms with Gasteiger partial charge in [0.25, 0.3) is 0 Å². The Morgan fingerprint density at radius 3 is 2.15 bits per heavy atom. The second-order valence-corrected chi connectivity index (χ2v) is 9.76. The van der Waals surface area contributed by atoms with E-state index in [1.165, 1.54) is 0 Å². The van der Waals surface area contributed by atoms with Crippen LogP contribution in [0, 0.1) is 0 Å². The summed E-state index contributed by atoms with van der Waals surface area (Å²) in [6.45, 7) is 6.86. The summed E-state index contributed by atoms with van der Waals surface area (Å²) < 4.78 is 26.8. The number of nitrogens with zero attached hydrogens (tertiary/aromatic N) is 1. The summed E-state index contributed by atoms with van der Waals surface area (Å²) in [6.07, 6.45) is 3.39. The number of hydrogen-bond donors (Lipinski definition) is 2. The van der Waals surface area contributed by atoms with Crippen molar-refractivity contribution in [1.82, 2.24) is 14.9 Å². The first kappa shape index (κ1) is 21.4. The van der Waals surface area contributed by atoms with Crippen LogP contribution in [0.3, 0.4) is 0 Å². The van der Waals surface area contributed by atoms with E-state index in [4.69, 9.17) is 0 Å². The molecule has 0 aliphatic carbocycles. The van der Waals surface area contributed by atoms with Crippen LogP contribution >= 0.6 is 0 Å². The smallest absolute Gasteiger partial charge is 0.309 e. The summed E-state index contributed by atoms with van der Waals surface area (Å²) in [6, 6.07) is 6.71. The van der Waals surface area contributed by atoms with E-state index >= 15 is 0 Å². The van der Waals surface area contributed by atoms with Gasteiger partial charge in [-0.1, -0.05) is 18.6 Å². The highest BCUT2D eigenvalue weighted by Gasteiger charge is 2.25. The Kier molecular flexibility index (Phi) is 7.00. The van der Waals surface area contributed by atoms with E-state index < -0.39 is 27.4 Å². The van der Waals surface area contributed by atoms with Crippen molar-refractivity contribution < 1.29 is 18.0 Å². The molecule has 0 radical (unpaired) electrons. The first-order valence-electron chi connectivity index (χ1n) is 9.29. The molecule has 1 aromatic rings. The molecule has 0 unspecified atom stereocenters. The van der Waals surface area contributed by atoms with Crippen molar-refractivity contribution in [1.29, 1.82) is 0 Å². The molecule has 0 saturated carbocycles. The Hall–Kier alpha value is -1.93. The predicted molar refractivity (Wildman–Crippen MR) is 104 cm³/mol. The highest BCUT2D eigenvalue weighted by atomic mass is 32.2. The Balaban J connectivity index is 1.87. The summed E-state index contributed by atoms with van der Waals surface area (Å²) >= 11 is 0. The maximum Gasteiger partial charge on any atom is 0.309 e. The standard InChI is InChI=1S/C19H29N3O4S/c1-19(2,3)21-18(24)17(23)20-12-11-15-7-9-16(10-8-15)27(25,26)22-13-5-4-6-14-22/h7-10H,4-6,11-14H2,1-3H3,(H,20,23)(H,21,24). The van der Waals surface area contributed by atoms with Gasteiger partial charge in [0.05, 0.1) is 4.90 Å². The van der Waals surface area contributed by atoms with Crippen LogP contribution in [-0.4, -0.2) is 49.7 Å². The van der Waals surface area contributed by atoms with Crippen LogP contribution in [0.4, 0.5) is 0 Å². The average Bonchev–Trinajstić information content (AvgIpc) is 2.61. The zero-order valence-electron chi connectivity index (χ0n) is 16.2. The predicted octanol–water partition coefficient (Wildman–Crippen LogP) is 1.43. The van der Waals surface area contributed by atoms with Crippen molar-refractivity contribution >= 4 is 21.8 Å². The summed E-state index contributed by atoms with van der Waals surface area (Å²) in [7, 11) is -3.43. The molecule has 150 valence electrons. The van der Waals surface area contributed by atoms with Gasteiger partial charge in [-0.05, 0) is 57.7 Å². The Morgan fingerprint density at radius 2 is 1.59 bits per heavy atom. The fraction of sp³-hybridized carbons (Fsp3) is 0.579. The van der Waals surface area contributed by atoms with Crippen molar-refractivity contribution in [2.75, 3.05) is 19.6 Å². The van der Waals surface area contributed by atoms with Gasteiger partial charge >= 0.3 is 11.8 Å². The fourth-order valence-corrected chi connectivity index (χ4v) is 4.40. The number of benzene rings is 1. The lowest BCUT2D eigenvalue weighted by Crippen LogP contribution is -2.48. The first-order chi connectivity index (χ1) is 12.6. The third-order valence-corrected chi connectivity index (χ3v) is 6.18. The highest BCUT2D eigenvalue weighted by molar-refractivity contribution is 7.89. The molecule has 27 heavy (non-hydrogen) atoms. The molecule has 2 rings (SSSR count). The molecule has 2 amide bonds. The molecular formula is C19H29N3O4S. The monoisotopic (exact) mass is 395 g/mol. The van der Waals surface area contributed by atoms with Crippen molar-refractivity contribution in [2.24, 2.45) is 0 Å². The van der Waals surface area contributed by atoms with Crippen LogP contribution in [0.15, 0.2) is 29.2 Å². The van der Waals surface area contributed by atoms with Crippen LogP contribution in [0.2, 0.25) is 0 Å². The van der Waals surface area contributed by atoms with Gasteiger partial charge in [0.2, 0.25) is 10.0 Å². The van der Waals surface area contributed by atoms with Crippen LogP contribution in [0.25, 0.3) is 0 Å². The topological polar surface area (TPSA) is 95.6 Å². The second-order valence-electron chi connectivity index (χ2n) is 7.82. The van der Waals surface area contributed by atoms with Gasteiger partial charge in [-0.25, -0.2) is 8.42 Å². The zero-order chi connectivity index (χ0) is 20.1. The molecule has 0 aromatic heterocycles. The van der Waals surface area contributed by atoms with Crippen LogP contribution in [0.5, 0.6) is 0 Å². The largest absolute Gasteiger partial charge is 0.348 e. The van der Waals surface area contributed by atoms with Gasteiger partial charge < -0.3 is 10.6 Å². The molecule has 7 nitrogen and oxygen atoms in total. The molecule has 0 atom stereocenters. The van der Waals surface area contributed by atoms with E-state index in [0.29, 0.717) is 31.0 Å². The molecule has 8 heteroatoms. The Labute approximate surface area is 161 Å². The average molecular weight is 396 g/mol. The SMILES string of the molecule is CC(C)(C)NC(=O)C(=O)NCCc1ccc(S(=O)(=O)N2CCCCC2)cc1. The van der Waals surface area contributed by atoms with Gasteiger partial charge in [-0.15, -0.1) is 0 Å². The maximum atomic E-state index is 12.6. The summed E-state index contributed by atoms with van der Waals surface area (Å²) in [5.74, 6) is -1.33. The minimum absolute atomic E-state index is 0.293. The van der Waals surface area contributed by atoms with Crippen LogP contribution in [-0.2, 0) is 26.0 Å².